The molecule has 1 aromatic heterocycles. The summed E-state index contributed by atoms with van der Waals surface area (Å²) in [6.07, 6.45) is 11.8. The fraction of sp³-hybridized carbons (Fsp3) is 0.615. The van der Waals surface area contributed by atoms with Gasteiger partial charge in [0, 0.05) is 11.9 Å². The van der Waals surface area contributed by atoms with Crippen molar-refractivity contribution in [2.45, 2.75) is 65.9 Å². The van der Waals surface area contributed by atoms with E-state index in [0.717, 1.165) is 38.8 Å². The zero-order valence-electron chi connectivity index (χ0n) is 21.3. The lowest BCUT2D eigenvalue weighted by Gasteiger charge is -2.28. The number of nitrogens with zero attached hydrogens (tertiary/aromatic N) is 1. The fourth-order valence-electron chi connectivity index (χ4n) is 3.32. The Morgan fingerprint density at radius 1 is 1.30 bits per heavy atom. The molecule has 0 unspecified atom stereocenters. The predicted octanol–water partition coefficient (Wildman–Crippen LogP) is 4.87. The molecule has 186 valence electrons. The highest BCUT2D eigenvalue weighted by Gasteiger charge is 2.19. The maximum atomic E-state index is 11.5. The third-order valence-corrected chi connectivity index (χ3v) is 5.21. The van der Waals surface area contributed by atoms with Gasteiger partial charge >= 0.3 is 12.1 Å². The predicted molar refractivity (Wildman–Crippen MR) is 134 cm³/mol. The Balaban J connectivity index is 0.000000361. The molecule has 1 aliphatic heterocycles. The number of hydrogen-bond acceptors (Lipinski definition) is 5. The first-order chi connectivity index (χ1) is 15.6. The van der Waals surface area contributed by atoms with Gasteiger partial charge in [0.05, 0.1) is 6.61 Å². The highest BCUT2D eigenvalue weighted by molar-refractivity contribution is 5.78. The summed E-state index contributed by atoms with van der Waals surface area (Å²) in [6, 6.07) is 0. The quantitative estimate of drug-likeness (QED) is 0.426. The number of ether oxygens (including phenoxy) is 2. The number of hydrogen-bond donors (Lipinski definition) is 2. The van der Waals surface area contributed by atoms with E-state index in [-0.39, 0.29) is 6.54 Å². The summed E-state index contributed by atoms with van der Waals surface area (Å²) in [4.78, 5) is 28.4. The average Bonchev–Trinajstić information content (AvgIpc) is 3.09. The normalized spacial score (nSPS) is 15.0. The van der Waals surface area contributed by atoms with Crippen molar-refractivity contribution in [3.63, 3.8) is 0 Å². The molecule has 1 fully saturated rings. The number of H-pyrrole nitrogens is 1. The minimum absolute atomic E-state index is 0.151. The molecule has 33 heavy (non-hydrogen) atoms. The van der Waals surface area contributed by atoms with Gasteiger partial charge in [-0.05, 0) is 96.6 Å². The number of aromatic amines is 1. The standard InChI is InChI=1S/C14H26N2O4.C12H17N/c1-14(2,3)20-13(18)15-9-12(17)19-10-11-5-7-16(4)8-6-11;1-4-6-8-12-11(7-5-2)10(3)9-13-12/h11H,5-10H2,1-4H3,(H,15,18);5-6,8-9,13H,2,4,7H2,1,3H3/b;8-6-. The summed E-state index contributed by atoms with van der Waals surface area (Å²) in [5.41, 5.74) is 3.33. The van der Waals surface area contributed by atoms with Gasteiger partial charge in [-0.1, -0.05) is 19.1 Å². The third-order valence-electron chi connectivity index (χ3n) is 5.21. The van der Waals surface area contributed by atoms with Gasteiger partial charge in [-0.15, -0.1) is 6.58 Å². The molecule has 1 aromatic rings. The van der Waals surface area contributed by atoms with E-state index in [9.17, 15) is 9.59 Å². The van der Waals surface area contributed by atoms with Crippen LogP contribution in [0.25, 0.3) is 6.08 Å². The largest absolute Gasteiger partial charge is 0.464 e. The molecule has 2 rings (SSSR count). The Kier molecular flexibility index (Phi) is 12.6. The molecule has 0 bridgehead atoms. The van der Waals surface area contributed by atoms with Crippen LogP contribution in [0.15, 0.2) is 24.9 Å². The van der Waals surface area contributed by atoms with E-state index in [4.69, 9.17) is 9.47 Å². The van der Waals surface area contributed by atoms with Crippen molar-refractivity contribution < 1.29 is 19.1 Å². The van der Waals surface area contributed by atoms with Crippen molar-refractivity contribution in [3.05, 3.63) is 41.7 Å². The number of nitrogens with one attached hydrogen (secondary N) is 2. The van der Waals surface area contributed by atoms with Crippen LogP contribution in [0.3, 0.4) is 0 Å². The lowest BCUT2D eigenvalue weighted by molar-refractivity contribution is -0.144. The molecule has 7 heteroatoms. The first-order valence-corrected chi connectivity index (χ1v) is 11.8. The third kappa shape index (κ3) is 12.3. The minimum atomic E-state index is -0.603. The van der Waals surface area contributed by atoms with E-state index < -0.39 is 17.7 Å². The molecular weight excluding hydrogens is 418 g/mol. The van der Waals surface area contributed by atoms with Crippen molar-refractivity contribution in [3.8, 4) is 0 Å². The Morgan fingerprint density at radius 3 is 2.55 bits per heavy atom. The van der Waals surface area contributed by atoms with Crippen LogP contribution in [-0.4, -0.2) is 60.8 Å². The maximum Gasteiger partial charge on any atom is 0.408 e. The highest BCUT2D eigenvalue weighted by Crippen LogP contribution is 2.17. The maximum absolute atomic E-state index is 11.5. The summed E-state index contributed by atoms with van der Waals surface area (Å²) in [7, 11) is 2.09. The molecule has 1 amide bonds. The van der Waals surface area contributed by atoms with Crippen molar-refractivity contribution in [1.29, 1.82) is 0 Å². The van der Waals surface area contributed by atoms with E-state index in [2.05, 4.69) is 54.8 Å². The van der Waals surface area contributed by atoms with Crippen molar-refractivity contribution >= 4 is 18.1 Å². The van der Waals surface area contributed by atoms with Gasteiger partial charge in [0.1, 0.15) is 12.1 Å². The van der Waals surface area contributed by atoms with Crippen LogP contribution >= 0.6 is 0 Å². The second-order valence-corrected chi connectivity index (χ2v) is 9.45. The topological polar surface area (TPSA) is 83.7 Å². The number of likely N-dealkylation sites (tertiary alicyclic amines) is 1. The summed E-state index contributed by atoms with van der Waals surface area (Å²) >= 11 is 0. The van der Waals surface area contributed by atoms with E-state index in [1.165, 1.54) is 16.8 Å². The Labute approximate surface area is 199 Å². The van der Waals surface area contributed by atoms with E-state index >= 15 is 0 Å². The van der Waals surface area contributed by atoms with Gasteiger partial charge < -0.3 is 24.7 Å². The fourth-order valence-corrected chi connectivity index (χ4v) is 3.32. The van der Waals surface area contributed by atoms with Crippen LogP contribution in [0, 0.1) is 12.8 Å². The number of carbonyl (C=O) groups is 2. The van der Waals surface area contributed by atoms with Crippen LogP contribution < -0.4 is 5.32 Å². The van der Waals surface area contributed by atoms with Gasteiger partial charge in [0.25, 0.3) is 0 Å². The summed E-state index contributed by atoms with van der Waals surface area (Å²) in [6.45, 7) is 15.7. The number of rotatable bonds is 8. The molecule has 0 aromatic carbocycles. The van der Waals surface area contributed by atoms with Crippen molar-refractivity contribution in [2.75, 3.05) is 33.3 Å². The number of piperidine rings is 1. The second-order valence-electron chi connectivity index (χ2n) is 9.45. The molecular formula is C26H43N3O4. The number of esters is 1. The van der Waals surface area contributed by atoms with Gasteiger partial charge in [-0.2, -0.15) is 0 Å². The molecule has 0 saturated carbocycles. The molecule has 1 saturated heterocycles. The zero-order valence-corrected chi connectivity index (χ0v) is 21.3. The summed E-state index contributed by atoms with van der Waals surface area (Å²) in [5, 5.41) is 2.39. The van der Waals surface area contributed by atoms with Gasteiger partial charge in [-0.25, -0.2) is 4.79 Å². The lowest BCUT2D eigenvalue weighted by atomic mass is 9.98. The molecule has 2 N–H and O–H groups in total. The number of aryl methyl sites for hydroxylation is 1. The van der Waals surface area contributed by atoms with Crippen LogP contribution in [0.1, 0.15) is 63.8 Å². The highest BCUT2D eigenvalue weighted by atomic mass is 16.6. The zero-order chi connectivity index (χ0) is 24.9. The average molecular weight is 462 g/mol. The van der Waals surface area contributed by atoms with Crippen LogP contribution in [0.2, 0.25) is 0 Å². The number of alkyl carbamates (subject to hydrolysis) is 1. The van der Waals surface area contributed by atoms with Gasteiger partial charge in [-0.3, -0.25) is 4.79 Å². The monoisotopic (exact) mass is 461 g/mol. The van der Waals surface area contributed by atoms with E-state index in [1.807, 2.05) is 12.3 Å². The second kappa shape index (κ2) is 14.6. The molecule has 1 aliphatic rings. The van der Waals surface area contributed by atoms with E-state index in [0.29, 0.717) is 12.5 Å². The van der Waals surface area contributed by atoms with E-state index in [1.54, 1.807) is 20.8 Å². The minimum Gasteiger partial charge on any atom is -0.464 e. The van der Waals surface area contributed by atoms with Crippen molar-refractivity contribution in [1.82, 2.24) is 15.2 Å². The van der Waals surface area contributed by atoms with Crippen LogP contribution in [-0.2, 0) is 20.7 Å². The number of allylic oxidation sites excluding steroid dienone is 2. The number of aromatic nitrogens is 1. The molecule has 2 heterocycles. The van der Waals surface area contributed by atoms with Crippen LogP contribution in [0.4, 0.5) is 4.79 Å². The van der Waals surface area contributed by atoms with Gasteiger partial charge in [0.15, 0.2) is 0 Å². The van der Waals surface area contributed by atoms with Crippen molar-refractivity contribution in [2.24, 2.45) is 5.92 Å². The summed E-state index contributed by atoms with van der Waals surface area (Å²) < 4.78 is 10.2. The summed E-state index contributed by atoms with van der Waals surface area (Å²) in [5.74, 6) is 0.00599. The SMILES string of the molecule is C=CCc1c(C)c[nH]c1/C=C\CC.CN1CCC(COC(=O)CNC(=O)OC(C)(C)C)CC1. The smallest absolute Gasteiger partial charge is 0.408 e. The first-order valence-electron chi connectivity index (χ1n) is 11.8. The number of amides is 1. The molecule has 7 nitrogen and oxygen atoms in total. The Bertz CT molecular complexity index is 769. The molecule has 0 spiro atoms. The molecule has 0 radical (unpaired) electrons. The lowest BCUT2D eigenvalue weighted by Crippen LogP contribution is -2.37. The first kappa shape index (κ1) is 28.5. The Hall–Kier alpha value is -2.54. The molecule has 0 aliphatic carbocycles. The Morgan fingerprint density at radius 2 is 1.97 bits per heavy atom. The number of carbonyl (C=O) groups excluding carboxylic acids is 2. The van der Waals surface area contributed by atoms with Gasteiger partial charge in [0.2, 0.25) is 0 Å². The van der Waals surface area contributed by atoms with Crippen LogP contribution in [0.5, 0.6) is 0 Å². The molecule has 0 atom stereocenters.